The molecule has 2 aliphatic heterocycles. The Bertz CT molecular complexity index is 666. The second-order valence-corrected chi connectivity index (χ2v) is 5.30. The van der Waals surface area contributed by atoms with E-state index in [9.17, 15) is 0 Å². The average molecular weight is 283 g/mol. The molecule has 0 N–H and O–H groups in total. The summed E-state index contributed by atoms with van der Waals surface area (Å²) in [6.45, 7) is 3.83. The van der Waals surface area contributed by atoms with Crippen LogP contribution in [0.25, 0.3) is 0 Å². The van der Waals surface area contributed by atoms with Crippen LogP contribution in [0, 0.1) is 0 Å². The van der Waals surface area contributed by atoms with Crippen LogP contribution >= 0.6 is 0 Å². The van der Waals surface area contributed by atoms with Crippen molar-refractivity contribution in [2.45, 2.75) is 19.9 Å². The van der Waals surface area contributed by atoms with Crippen molar-refractivity contribution < 1.29 is 14.2 Å². The van der Waals surface area contributed by atoms with Gasteiger partial charge in [0, 0.05) is 23.9 Å². The average Bonchev–Trinajstić information content (AvgIpc) is 2.99. The van der Waals surface area contributed by atoms with Crippen LogP contribution in [-0.2, 0) is 13.0 Å². The summed E-state index contributed by atoms with van der Waals surface area (Å²) in [5, 5.41) is 0. The predicted molar refractivity (Wildman–Crippen MR) is 80.1 cm³/mol. The number of rotatable bonds is 2. The van der Waals surface area contributed by atoms with Crippen molar-refractivity contribution in [3.8, 4) is 17.2 Å². The van der Waals surface area contributed by atoms with Crippen molar-refractivity contribution in [3.05, 3.63) is 47.5 Å². The quantitative estimate of drug-likeness (QED) is 0.846. The molecular formula is C17H17NO3. The molecule has 0 saturated carbocycles. The van der Waals surface area contributed by atoms with Gasteiger partial charge in [-0.05, 0) is 30.2 Å². The molecule has 4 nitrogen and oxygen atoms in total. The third-order valence-corrected chi connectivity index (χ3v) is 4.00. The number of ether oxygens (including phenoxy) is 3. The zero-order valence-corrected chi connectivity index (χ0v) is 12.0. The molecule has 0 fully saturated rings. The van der Waals surface area contributed by atoms with E-state index < -0.39 is 0 Å². The molecule has 2 aromatic carbocycles. The molecule has 0 bridgehead atoms. The topological polar surface area (TPSA) is 30.9 Å². The minimum Gasteiger partial charge on any atom is -0.473 e. The summed E-state index contributed by atoms with van der Waals surface area (Å²) in [6.07, 6.45) is 1.06. The van der Waals surface area contributed by atoms with E-state index in [4.69, 9.17) is 14.2 Å². The highest BCUT2D eigenvalue weighted by atomic mass is 16.7. The van der Waals surface area contributed by atoms with Gasteiger partial charge in [-0.15, -0.1) is 0 Å². The van der Waals surface area contributed by atoms with Gasteiger partial charge in [-0.2, -0.15) is 0 Å². The lowest BCUT2D eigenvalue weighted by atomic mass is 10.1. The maximum absolute atomic E-state index is 5.86. The molecule has 0 aliphatic carbocycles. The normalized spacial score (nSPS) is 15.6. The van der Waals surface area contributed by atoms with Crippen LogP contribution in [0.3, 0.4) is 0 Å². The van der Waals surface area contributed by atoms with Gasteiger partial charge in [0.2, 0.25) is 6.79 Å². The molecule has 4 heteroatoms. The first-order chi connectivity index (χ1) is 10.3. The molecule has 0 spiro atoms. The second-order valence-electron chi connectivity index (χ2n) is 5.30. The SMILES string of the molecule is CCc1ccc(N2COc3cc4c(cc3C2)OCO4)cc1. The van der Waals surface area contributed by atoms with Crippen LogP contribution in [0.5, 0.6) is 17.2 Å². The predicted octanol–water partition coefficient (Wildman–Crippen LogP) is 3.33. The number of hydrogen-bond acceptors (Lipinski definition) is 4. The Morgan fingerprint density at radius 2 is 1.71 bits per heavy atom. The highest BCUT2D eigenvalue weighted by Crippen LogP contribution is 2.40. The summed E-state index contributed by atoms with van der Waals surface area (Å²) >= 11 is 0. The fourth-order valence-corrected chi connectivity index (χ4v) is 2.73. The molecular weight excluding hydrogens is 266 g/mol. The number of anilines is 1. The Balaban J connectivity index is 1.60. The highest BCUT2D eigenvalue weighted by molar-refractivity contribution is 5.56. The van der Waals surface area contributed by atoms with Gasteiger partial charge < -0.3 is 19.1 Å². The smallest absolute Gasteiger partial charge is 0.231 e. The first kappa shape index (κ1) is 12.4. The molecule has 0 unspecified atom stereocenters. The Hall–Kier alpha value is -2.36. The number of hydrogen-bond donors (Lipinski definition) is 0. The lowest BCUT2D eigenvalue weighted by Gasteiger charge is -2.31. The van der Waals surface area contributed by atoms with Crippen molar-refractivity contribution in [1.82, 2.24) is 0 Å². The number of aryl methyl sites for hydroxylation is 1. The Kier molecular flexibility index (Phi) is 2.88. The molecule has 0 saturated heterocycles. The van der Waals surface area contributed by atoms with E-state index in [-0.39, 0.29) is 0 Å². The fraction of sp³-hybridized carbons (Fsp3) is 0.294. The Morgan fingerprint density at radius 1 is 0.952 bits per heavy atom. The largest absolute Gasteiger partial charge is 0.473 e. The van der Waals surface area contributed by atoms with E-state index in [0.717, 1.165) is 35.8 Å². The summed E-state index contributed by atoms with van der Waals surface area (Å²) in [4.78, 5) is 2.21. The maximum Gasteiger partial charge on any atom is 0.231 e. The monoisotopic (exact) mass is 283 g/mol. The van der Waals surface area contributed by atoms with E-state index in [2.05, 4.69) is 36.1 Å². The van der Waals surface area contributed by atoms with Crippen molar-refractivity contribution in [2.24, 2.45) is 0 Å². The fourth-order valence-electron chi connectivity index (χ4n) is 2.73. The van der Waals surface area contributed by atoms with Gasteiger partial charge in [-0.25, -0.2) is 0 Å². The van der Waals surface area contributed by atoms with Crippen LogP contribution in [0.2, 0.25) is 0 Å². The minimum absolute atomic E-state index is 0.292. The van der Waals surface area contributed by atoms with E-state index in [1.54, 1.807) is 0 Å². The molecule has 2 aliphatic rings. The zero-order valence-electron chi connectivity index (χ0n) is 12.0. The number of benzene rings is 2. The van der Waals surface area contributed by atoms with E-state index in [1.807, 2.05) is 12.1 Å². The van der Waals surface area contributed by atoms with Gasteiger partial charge in [0.1, 0.15) is 5.75 Å². The van der Waals surface area contributed by atoms with Crippen molar-refractivity contribution >= 4 is 5.69 Å². The molecule has 0 amide bonds. The molecule has 21 heavy (non-hydrogen) atoms. The van der Waals surface area contributed by atoms with Crippen molar-refractivity contribution in [3.63, 3.8) is 0 Å². The summed E-state index contributed by atoms with van der Waals surface area (Å²) < 4.78 is 16.7. The van der Waals surface area contributed by atoms with Crippen LogP contribution in [0.4, 0.5) is 5.69 Å². The first-order valence-corrected chi connectivity index (χ1v) is 7.22. The standard InChI is InChI=1S/C17H17NO3/c1-2-12-3-5-14(6-4-12)18-9-13-7-16-17(21-11-20-16)8-15(13)19-10-18/h3-8H,2,9-11H2,1H3. The van der Waals surface area contributed by atoms with Crippen LogP contribution in [0.15, 0.2) is 36.4 Å². The van der Waals surface area contributed by atoms with Gasteiger partial charge in [-0.1, -0.05) is 19.1 Å². The maximum atomic E-state index is 5.86. The van der Waals surface area contributed by atoms with Crippen LogP contribution in [-0.4, -0.2) is 13.5 Å². The van der Waals surface area contributed by atoms with Gasteiger partial charge >= 0.3 is 0 Å². The molecule has 2 aromatic rings. The molecule has 4 rings (SSSR count). The summed E-state index contributed by atoms with van der Waals surface area (Å²) in [7, 11) is 0. The molecule has 0 atom stereocenters. The van der Waals surface area contributed by atoms with Crippen molar-refractivity contribution in [2.75, 3.05) is 18.4 Å². The molecule has 0 aromatic heterocycles. The van der Waals surface area contributed by atoms with E-state index in [0.29, 0.717) is 13.5 Å². The van der Waals surface area contributed by atoms with Gasteiger partial charge in [-0.3, -0.25) is 0 Å². The highest BCUT2D eigenvalue weighted by Gasteiger charge is 2.23. The number of nitrogens with zero attached hydrogens (tertiary/aromatic N) is 1. The van der Waals surface area contributed by atoms with Gasteiger partial charge in [0.05, 0.1) is 0 Å². The third kappa shape index (κ3) is 2.17. The molecule has 0 radical (unpaired) electrons. The Labute approximate surface area is 123 Å². The molecule has 108 valence electrons. The third-order valence-electron chi connectivity index (χ3n) is 4.00. The summed E-state index contributed by atoms with van der Waals surface area (Å²) in [5.41, 5.74) is 3.65. The summed E-state index contributed by atoms with van der Waals surface area (Å²) in [6, 6.07) is 12.6. The van der Waals surface area contributed by atoms with Crippen molar-refractivity contribution in [1.29, 1.82) is 0 Å². The number of fused-ring (bicyclic) bond motifs is 2. The van der Waals surface area contributed by atoms with E-state index >= 15 is 0 Å². The summed E-state index contributed by atoms with van der Waals surface area (Å²) in [5.74, 6) is 2.47. The second kappa shape index (κ2) is 4.88. The first-order valence-electron chi connectivity index (χ1n) is 7.22. The zero-order chi connectivity index (χ0) is 14.2. The Morgan fingerprint density at radius 3 is 2.48 bits per heavy atom. The lowest BCUT2D eigenvalue weighted by Crippen LogP contribution is -2.31. The van der Waals surface area contributed by atoms with Crippen LogP contribution < -0.4 is 19.1 Å². The van der Waals surface area contributed by atoms with Gasteiger partial charge in [0.15, 0.2) is 18.2 Å². The van der Waals surface area contributed by atoms with Crippen LogP contribution in [0.1, 0.15) is 18.1 Å². The lowest BCUT2D eigenvalue weighted by molar-refractivity contribution is 0.174. The molecule has 2 heterocycles. The minimum atomic E-state index is 0.292. The van der Waals surface area contributed by atoms with Gasteiger partial charge in [0.25, 0.3) is 0 Å². The van der Waals surface area contributed by atoms with E-state index in [1.165, 1.54) is 11.3 Å².